The number of nitrogens with zero attached hydrogens (tertiary/aromatic N) is 1. The maximum absolute atomic E-state index is 9.99. The lowest BCUT2D eigenvalue weighted by Crippen LogP contribution is -2.35. The van der Waals surface area contributed by atoms with Crippen LogP contribution in [0.15, 0.2) is 54.6 Å². The van der Waals surface area contributed by atoms with E-state index in [2.05, 4.69) is 36.1 Å². The van der Waals surface area contributed by atoms with Gasteiger partial charge in [-0.05, 0) is 49.1 Å². The third kappa shape index (κ3) is 8.57. The summed E-state index contributed by atoms with van der Waals surface area (Å²) in [5, 5.41) is 19.2. The van der Waals surface area contributed by atoms with Crippen molar-refractivity contribution in [2.75, 3.05) is 26.2 Å². The van der Waals surface area contributed by atoms with Gasteiger partial charge in [0.1, 0.15) is 12.4 Å². The predicted octanol–water partition coefficient (Wildman–Crippen LogP) is 3.65. The van der Waals surface area contributed by atoms with Gasteiger partial charge in [-0.1, -0.05) is 55.8 Å². The summed E-state index contributed by atoms with van der Waals surface area (Å²) in [5.74, 6) is 0.885. The van der Waals surface area contributed by atoms with Crippen molar-refractivity contribution in [1.29, 1.82) is 0 Å². The molecule has 0 bridgehead atoms. The lowest BCUT2D eigenvalue weighted by atomic mass is 10.1. The number of aryl methyl sites for hydroxylation is 1. The van der Waals surface area contributed by atoms with Crippen molar-refractivity contribution in [2.24, 2.45) is 0 Å². The van der Waals surface area contributed by atoms with Crippen LogP contribution in [0.3, 0.4) is 0 Å². The summed E-state index contributed by atoms with van der Waals surface area (Å²) in [4.78, 5) is 2.16. The van der Waals surface area contributed by atoms with Crippen LogP contribution in [0.5, 0.6) is 5.75 Å². The molecule has 0 spiro atoms. The van der Waals surface area contributed by atoms with Gasteiger partial charge in [-0.2, -0.15) is 0 Å². The minimum absolute atomic E-state index is 0.134. The summed E-state index contributed by atoms with van der Waals surface area (Å²) in [6.07, 6.45) is 3.50. The first-order valence-electron chi connectivity index (χ1n) is 9.98. The molecule has 27 heavy (non-hydrogen) atoms. The van der Waals surface area contributed by atoms with Gasteiger partial charge in [0, 0.05) is 13.1 Å². The Morgan fingerprint density at radius 1 is 0.963 bits per heavy atom. The maximum atomic E-state index is 9.99. The molecule has 1 atom stereocenters. The van der Waals surface area contributed by atoms with Crippen LogP contribution in [0.2, 0.25) is 0 Å². The summed E-state index contributed by atoms with van der Waals surface area (Å²) >= 11 is 0. The highest BCUT2D eigenvalue weighted by Crippen LogP contribution is 2.13. The molecular formula is C23H33NO3. The van der Waals surface area contributed by atoms with Crippen LogP contribution in [-0.2, 0) is 13.0 Å². The smallest absolute Gasteiger partial charge is 0.119 e. The molecule has 2 aromatic rings. The molecule has 4 nitrogen and oxygen atoms in total. The van der Waals surface area contributed by atoms with E-state index in [1.54, 1.807) is 0 Å². The largest absolute Gasteiger partial charge is 0.489 e. The van der Waals surface area contributed by atoms with E-state index >= 15 is 0 Å². The average molecular weight is 372 g/mol. The molecule has 0 saturated carbocycles. The standard InChI is InChI=1S/C23H33NO3/c1-2-7-22(26)18-24(16-17-25)15-6-8-20-11-13-21(14-12-20)19-27-23-9-4-3-5-10-23/h3-5,9-14,22,25-26H,2,6-8,15-19H2,1H3/t22-/m0/s1. The normalized spacial score (nSPS) is 12.3. The molecule has 0 aromatic heterocycles. The highest BCUT2D eigenvalue weighted by Gasteiger charge is 2.10. The van der Waals surface area contributed by atoms with Gasteiger partial charge in [0.15, 0.2) is 0 Å². The van der Waals surface area contributed by atoms with Crippen molar-refractivity contribution in [3.8, 4) is 5.75 Å². The Bertz CT molecular complexity index is 615. The third-order valence-corrected chi connectivity index (χ3v) is 4.62. The number of para-hydroxylation sites is 1. The number of benzene rings is 2. The molecule has 0 fully saturated rings. The topological polar surface area (TPSA) is 52.9 Å². The summed E-state index contributed by atoms with van der Waals surface area (Å²) in [5.41, 5.74) is 2.46. The molecule has 4 heteroatoms. The minimum atomic E-state index is -0.301. The second kappa shape index (κ2) is 12.5. The summed E-state index contributed by atoms with van der Waals surface area (Å²) < 4.78 is 5.77. The molecule has 2 rings (SSSR count). The van der Waals surface area contributed by atoms with Crippen LogP contribution in [-0.4, -0.2) is 47.5 Å². The zero-order chi connectivity index (χ0) is 19.3. The van der Waals surface area contributed by atoms with Crippen molar-refractivity contribution < 1.29 is 14.9 Å². The Hall–Kier alpha value is -1.88. The number of hydrogen-bond donors (Lipinski definition) is 2. The Labute approximate surface area is 163 Å². The van der Waals surface area contributed by atoms with Gasteiger partial charge in [-0.3, -0.25) is 4.90 Å². The highest BCUT2D eigenvalue weighted by molar-refractivity contribution is 5.24. The van der Waals surface area contributed by atoms with E-state index in [-0.39, 0.29) is 12.7 Å². The summed E-state index contributed by atoms with van der Waals surface area (Å²) in [6, 6.07) is 18.4. The van der Waals surface area contributed by atoms with E-state index in [9.17, 15) is 10.2 Å². The van der Waals surface area contributed by atoms with Crippen LogP contribution in [0.25, 0.3) is 0 Å². The molecule has 0 unspecified atom stereocenters. The zero-order valence-electron chi connectivity index (χ0n) is 16.4. The lowest BCUT2D eigenvalue weighted by Gasteiger charge is -2.24. The van der Waals surface area contributed by atoms with E-state index in [1.807, 2.05) is 30.3 Å². The highest BCUT2D eigenvalue weighted by atomic mass is 16.5. The van der Waals surface area contributed by atoms with Crippen molar-refractivity contribution in [3.63, 3.8) is 0 Å². The molecule has 0 aliphatic rings. The fourth-order valence-corrected chi connectivity index (χ4v) is 3.15. The molecule has 0 saturated heterocycles. The van der Waals surface area contributed by atoms with E-state index in [0.29, 0.717) is 19.7 Å². The Morgan fingerprint density at radius 2 is 1.67 bits per heavy atom. The second-order valence-electron chi connectivity index (χ2n) is 6.99. The number of ether oxygens (including phenoxy) is 1. The SMILES string of the molecule is CCC[C@H](O)CN(CCO)CCCc1ccc(COc2ccccc2)cc1. The van der Waals surface area contributed by atoms with Gasteiger partial charge in [-0.15, -0.1) is 0 Å². The second-order valence-corrected chi connectivity index (χ2v) is 6.99. The fourth-order valence-electron chi connectivity index (χ4n) is 3.15. The van der Waals surface area contributed by atoms with Gasteiger partial charge in [0.25, 0.3) is 0 Å². The first-order valence-corrected chi connectivity index (χ1v) is 9.98. The van der Waals surface area contributed by atoms with Gasteiger partial charge in [0.05, 0.1) is 12.7 Å². The van der Waals surface area contributed by atoms with E-state index in [1.165, 1.54) is 5.56 Å². The minimum Gasteiger partial charge on any atom is -0.489 e. The number of hydrogen-bond acceptors (Lipinski definition) is 4. The van der Waals surface area contributed by atoms with Gasteiger partial charge < -0.3 is 14.9 Å². The van der Waals surface area contributed by atoms with Crippen LogP contribution in [0.4, 0.5) is 0 Å². The lowest BCUT2D eigenvalue weighted by molar-refractivity contribution is 0.0925. The molecule has 0 aliphatic heterocycles. The monoisotopic (exact) mass is 371 g/mol. The van der Waals surface area contributed by atoms with Crippen molar-refractivity contribution in [3.05, 3.63) is 65.7 Å². The van der Waals surface area contributed by atoms with Crippen molar-refractivity contribution in [2.45, 2.75) is 45.3 Å². The first kappa shape index (κ1) is 21.4. The van der Waals surface area contributed by atoms with Crippen LogP contribution < -0.4 is 4.74 Å². The molecule has 0 radical (unpaired) electrons. The number of aliphatic hydroxyl groups is 2. The Balaban J connectivity index is 1.73. The van der Waals surface area contributed by atoms with Crippen LogP contribution >= 0.6 is 0 Å². The molecule has 2 aromatic carbocycles. The maximum Gasteiger partial charge on any atom is 0.119 e. The average Bonchev–Trinajstić information content (AvgIpc) is 2.68. The van der Waals surface area contributed by atoms with E-state index < -0.39 is 0 Å². The summed E-state index contributed by atoms with van der Waals surface area (Å²) in [6.45, 7) is 4.94. The Kier molecular flexibility index (Phi) is 9.91. The number of rotatable bonds is 13. The molecule has 0 aliphatic carbocycles. The van der Waals surface area contributed by atoms with Crippen LogP contribution in [0, 0.1) is 0 Å². The fraction of sp³-hybridized carbons (Fsp3) is 0.478. The van der Waals surface area contributed by atoms with Crippen molar-refractivity contribution >= 4 is 0 Å². The van der Waals surface area contributed by atoms with Gasteiger partial charge in [0.2, 0.25) is 0 Å². The van der Waals surface area contributed by atoms with Gasteiger partial charge in [-0.25, -0.2) is 0 Å². The molecule has 2 N–H and O–H groups in total. The van der Waals surface area contributed by atoms with Gasteiger partial charge >= 0.3 is 0 Å². The van der Waals surface area contributed by atoms with E-state index in [4.69, 9.17) is 4.74 Å². The van der Waals surface area contributed by atoms with Crippen molar-refractivity contribution in [1.82, 2.24) is 4.90 Å². The molecule has 0 heterocycles. The first-order chi connectivity index (χ1) is 13.2. The zero-order valence-corrected chi connectivity index (χ0v) is 16.4. The van der Waals surface area contributed by atoms with Crippen LogP contribution in [0.1, 0.15) is 37.3 Å². The van der Waals surface area contributed by atoms with E-state index in [0.717, 1.165) is 43.5 Å². The number of aliphatic hydroxyl groups excluding tert-OH is 2. The quantitative estimate of drug-likeness (QED) is 0.564. The summed E-state index contributed by atoms with van der Waals surface area (Å²) in [7, 11) is 0. The Morgan fingerprint density at radius 3 is 2.33 bits per heavy atom. The predicted molar refractivity (Wildman–Crippen MR) is 110 cm³/mol. The molecule has 0 amide bonds. The third-order valence-electron chi connectivity index (χ3n) is 4.62. The molecule has 148 valence electrons. The molecular weight excluding hydrogens is 338 g/mol.